The van der Waals surface area contributed by atoms with Gasteiger partial charge in [0.05, 0.1) is 0 Å². The van der Waals surface area contributed by atoms with E-state index >= 15 is 0 Å². The van der Waals surface area contributed by atoms with Crippen LogP contribution >= 0.6 is 0 Å². The fraction of sp³-hybridized carbons (Fsp3) is 0.0175. The summed E-state index contributed by atoms with van der Waals surface area (Å²) < 4.78 is 13.8. The smallest absolute Gasteiger partial charge is 0.143 e. The van der Waals surface area contributed by atoms with E-state index in [4.69, 9.17) is 8.83 Å². The Labute approximate surface area is 347 Å². The maximum Gasteiger partial charge on any atom is 0.143 e. The molecule has 0 aliphatic heterocycles. The first-order valence-electron chi connectivity index (χ1n) is 20.5. The maximum atomic E-state index is 6.90. The van der Waals surface area contributed by atoms with Crippen molar-refractivity contribution in [3.05, 3.63) is 206 Å². The summed E-state index contributed by atoms with van der Waals surface area (Å²) in [7, 11) is 2.12. The van der Waals surface area contributed by atoms with Crippen LogP contribution in [0.2, 0.25) is 0 Å². The molecule has 0 saturated heterocycles. The normalized spacial score (nSPS) is 11.8. The Balaban J connectivity index is 0.893. The lowest BCUT2D eigenvalue weighted by molar-refractivity contribution is 0.671. The number of hydrogen-bond acceptors (Lipinski definition) is 3. The zero-order valence-corrected chi connectivity index (χ0v) is 32.9. The van der Waals surface area contributed by atoms with Crippen LogP contribution in [0, 0.1) is 0 Å². The number of nitrogens with zero attached hydrogens (tertiary/aromatic N) is 1. The summed E-state index contributed by atoms with van der Waals surface area (Å²) in [6, 6.07) is 73.4. The van der Waals surface area contributed by atoms with Gasteiger partial charge in [0.2, 0.25) is 0 Å². The van der Waals surface area contributed by atoms with Gasteiger partial charge in [-0.3, -0.25) is 0 Å². The molecule has 2 heterocycles. The van der Waals surface area contributed by atoms with Gasteiger partial charge in [-0.15, -0.1) is 0 Å². The molecule has 0 N–H and O–H groups in total. The summed E-state index contributed by atoms with van der Waals surface area (Å²) in [6.07, 6.45) is 0. The zero-order chi connectivity index (χ0) is 39.7. The average molecular weight is 768 g/mol. The first kappa shape index (κ1) is 34.2. The summed E-state index contributed by atoms with van der Waals surface area (Å²) in [5.41, 5.74) is 14.7. The van der Waals surface area contributed by atoms with E-state index in [0.29, 0.717) is 0 Å². The number of rotatable bonds is 6. The van der Waals surface area contributed by atoms with Crippen LogP contribution in [0.3, 0.4) is 0 Å². The lowest BCUT2D eigenvalue weighted by Gasteiger charge is -2.20. The molecule has 12 rings (SSSR count). The largest absolute Gasteiger partial charge is 0.455 e. The van der Waals surface area contributed by atoms with Crippen LogP contribution in [0.15, 0.2) is 215 Å². The molecule has 282 valence electrons. The minimum atomic E-state index is 0.904. The highest BCUT2D eigenvalue weighted by Crippen LogP contribution is 2.46. The third kappa shape index (κ3) is 5.37. The predicted octanol–water partition coefficient (Wildman–Crippen LogP) is 16.2. The van der Waals surface area contributed by atoms with Crippen molar-refractivity contribution < 1.29 is 8.83 Å². The van der Waals surface area contributed by atoms with E-state index in [9.17, 15) is 0 Å². The Bertz CT molecular complexity index is 3340. The van der Waals surface area contributed by atoms with Crippen LogP contribution in [0.1, 0.15) is 0 Å². The van der Waals surface area contributed by atoms with Crippen molar-refractivity contribution in [2.45, 2.75) is 0 Å². The molecule has 0 atom stereocenters. The van der Waals surface area contributed by atoms with Crippen molar-refractivity contribution in [2.24, 2.45) is 0 Å². The second-order valence-corrected chi connectivity index (χ2v) is 15.7. The van der Waals surface area contributed by atoms with Crippen molar-refractivity contribution in [3.8, 4) is 44.5 Å². The summed E-state index contributed by atoms with van der Waals surface area (Å²) in [6.45, 7) is 0. The van der Waals surface area contributed by atoms with E-state index in [2.05, 4.69) is 218 Å². The molecule has 0 aliphatic rings. The molecule has 0 amide bonds. The van der Waals surface area contributed by atoms with Crippen molar-refractivity contribution in [1.82, 2.24) is 0 Å². The number of fused-ring (bicyclic) bond motifs is 10. The lowest BCUT2D eigenvalue weighted by Crippen LogP contribution is -2.08. The van der Waals surface area contributed by atoms with E-state index < -0.39 is 0 Å². The Kier molecular flexibility index (Phi) is 7.76. The molecule has 0 fully saturated rings. The number of benzene rings is 10. The van der Waals surface area contributed by atoms with Gasteiger partial charge in [0, 0.05) is 62.2 Å². The SMILES string of the molecule is CN(c1ccc(-c2cccc3c2oc2c(-c4ccccc4)cc4ccccc4c23)cc1)c1ccc(-c2cccc3c2oc2c(-c4ccccc4)cc4ccccc4c23)cc1. The number of para-hydroxylation sites is 2. The quantitative estimate of drug-likeness (QED) is 0.169. The first-order valence-corrected chi connectivity index (χ1v) is 20.5. The van der Waals surface area contributed by atoms with Crippen molar-refractivity contribution in [2.75, 3.05) is 11.9 Å². The van der Waals surface area contributed by atoms with Gasteiger partial charge in [-0.2, -0.15) is 0 Å². The number of furan rings is 2. The van der Waals surface area contributed by atoms with Gasteiger partial charge in [-0.05, 0) is 80.2 Å². The molecule has 2 aromatic heterocycles. The molecular weight excluding hydrogens is 731 g/mol. The molecule has 0 spiro atoms. The molecular formula is C57H37NO2. The third-order valence-corrected chi connectivity index (χ3v) is 12.3. The topological polar surface area (TPSA) is 29.5 Å². The Hall–Kier alpha value is -7.88. The highest BCUT2D eigenvalue weighted by molar-refractivity contribution is 6.25. The third-order valence-electron chi connectivity index (χ3n) is 12.3. The summed E-state index contributed by atoms with van der Waals surface area (Å²) >= 11 is 0. The van der Waals surface area contributed by atoms with Crippen molar-refractivity contribution in [3.63, 3.8) is 0 Å². The fourth-order valence-corrected chi connectivity index (χ4v) is 9.29. The maximum absolute atomic E-state index is 6.90. The van der Waals surface area contributed by atoms with E-state index in [1.807, 2.05) is 0 Å². The van der Waals surface area contributed by atoms with Crippen LogP contribution in [0.4, 0.5) is 11.4 Å². The Morgan fingerprint density at radius 2 is 0.667 bits per heavy atom. The predicted molar refractivity (Wildman–Crippen MR) is 252 cm³/mol. The van der Waals surface area contributed by atoms with E-state index in [1.54, 1.807) is 0 Å². The van der Waals surface area contributed by atoms with Crippen molar-refractivity contribution in [1.29, 1.82) is 0 Å². The average Bonchev–Trinajstić information content (AvgIpc) is 3.92. The van der Waals surface area contributed by atoms with Gasteiger partial charge in [-0.25, -0.2) is 0 Å². The van der Waals surface area contributed by atoms with Gasteiger partial charge in [0.15, 0.2) is 0 Å². The summed E-state index contributed by atoms with van der Waals surface area (Å²) in [5.74, 6) is 0. The van der Waals surface area contributed by atoms with Gasteiger partial charge in [0.25, 0.3) is 0 Å². The molecule has 10 aromatic carbocycles. The number of hydrogen-bond donors (Lipinski definition) is 0. The standard InChI is InChI=1S/C57H37NO2/c1-58(42-30-26-38(27-31-42)46-22-12-24-48-52-44-20-10-8-18-40(44)34-50(56(52)59-54(46)48)36-14-4-2-5-15-36)43-32-28-39(29-33-43)47-23-13-25-49-53-45-21-11-9-19-41(45)35-51(57(53)60-55(47)49)37-16-6-3-7-17-37/h2-35H,1H3. The molecule has 0 aliphatic carbocycles. The van der Waals surface area contributed by atoms with Crippen LogP contribution in [-0.2, 0) is 0 Å². The molecule has 12 aromatic rings. The fourth-order valence-electron chi connectivity index (χ4n) is 9.29. The summed E-state index contributed by atoms with van der Waals surface area (Å²) in [4.78, 5) is 2.23. The second kappa shape index (κ2) is 13.6. The van der Waals surface area contributed by atoms with Crippen LogP contribution in [0.5, 0.6) is 0 Å². The number of anilines is 2. The first-order chi connectivity index (χ1) is 29.7. The molecule has 0 bridgehead atoms. The summed E-state index contributed by atoms with van der Waals surface area (Å²) in [5, 5.41) is 9.38. The Morgan fingerprint density at radius 1 is 0.300 bits per heavy atom. The van der Waals surface area contributed by atoms with Crippen molar-refractivity contribution >= 4 is 76.8 Å². The van der Waals surface area contributed by atoms with Gasteiger partial charge >= 0.3 is 0 Å². The van der Waals surface area contributed by atoms with E-state index in [1.165, 1.54) is 21.5 Å². The van der Waals surface area contributed by atoms with Crippen LogP contribution < -0.4 is 4.90 Å². The molecule has 0 radical (unpaired) electrons. The molecule has 3 heteroatoms. The minimum absolute atomic E-state index is 0.904. The monoisotopic (exact) mass is 767 g/mol. The van der Waals surface area contributed by atoms with Crippen LogP contribution in [-0.4, -0.2) is 7.05 Å². The molecule has 60 heavy (non-hydrogen) atoms. The highest BCUT2D eigenvalue weighted by Gasteiger charge is 2.21. The van der Waals surface area contributed by atoms with E-state index in [-0.39, 0.29) is 0 Å². The van der Waals surface area contributed by atoms with E-state index in [0.717, 1.165) is 99.8 Å². The molecule has 3 nitrogen and oxygen atoms in total. The second-order valence-electron chi connectivity index (χ2n) is 15.7. The van der Waals surface area contributed by atoms with Gasteiger partial charge in [-0.1, -0.05) is 170 Å². The zero-order valence-electron chi connectivity index (χ0n) is 32.9. The van der Waals surface area contributed by atoms with Gasteiger partial charge < -0.3 is 13.7 Å². The Morgan fingerprint density at radius 3 is 1.10 bits per heavy atom. The minimum Gasteiger partial charge on any atom is -0.455 e. The lowest BCUT2D eigenvalue weighted by atomic mass is 9.95. The van der Waals surface area contributed by atoms with Gasteiger partial charge in [0.1, 0.15) is 22.3 Å². The van der Waals surface area contributed by atoms with Crippen LogP contribution in [0.25, 0.3) is 110 Å². The molecule has 0 unspecified atom stereocenters. The molecule has 0 saturated carbocycles. The highest BCUT2D eigenvalue weighted by atomic mass is 16.3.